The normalized spacial score (nSPS) is 13.7. The largest absolute Gasteiger partial charge is 0.352 e. The molecule has 1 aromatic heterocycles. The lowest BCUT2D eigenvalue weighted by Crippen LogP contribution is -2.34. The van der Waals surface area contributed by atoms with E-state index in [1.165, 1.54) is 0 Å². The first-order valence-electron chi connectivity index (χ1n) is 6.76. The number of nitrogens with one attached hydrogen (secondary N) is 2. The molecule has 0 aliphatic carbocycles. The number of sulfonamides is 1. The molecule has 0 aliphatic rings. The first kappa shape index (κ1) is 16.2. The van der Waals surface area contributed by atoms with Crippen LogP contribution in [0.1, 0.15) is 38.8 Å². The Kier molecular flexibility index (Phi) is 6.03. The molecule has 2 N–H and O–H groups in total. The molecule has 0 spiro atoms. The van der Waals surface area contributed by atoms with Gasteiger partial charge in [0.25, 0.3) is 0 Å². The molecule has 0 radical (unpaired) electrons. The lowest BCUT2D eigenvalue weighted by molar-refractivity contribution is 0.512. The third-order valence-corrected chi connectivity index (χ3v) is 4.69. The standard InChI is InChI=1S/C13H25N3O2S/c1-5-7-11(6-2)15-19(17,18)13-8-12(9-14-3)16(4)10-13/h8,10-11,14-15H,5-7,9H2,1-4H3. The Hall–Kier alpha value is -0.850. The van der Waals surface area contributed by atoms with E-state index in [1.54, 1.807) is 12.3 Å². The predicted molar refractivity (Wildman–Crippen MR) is 77.5 cm³/mol. The van der Waals surface area contributed by atoms with E-state index in [0.717, 1.165) is 25.0 Å². The molecule has 0 saturated heterocycles. The summed E-state index contributed by atoms with van der Waals surface area (Å²) < 4.78 is 29.2. The van der Waals surface area contributed by atoms with Crippen molar-refractivity contribution in [2.45, 2.75) is 50.6 Å². The minimum atomic E-state index is -3.41. The number of aryl methyl sites for hydroxylation is 1. The SMILES string of the molecule is CCCC(CC)NS(=O)(=O)c1cc(CNC)n(C)c1. The van der Waals surface area contributed by atoms with E-state index >= 15 is 0 Å². The molecule has 0 aromatic carbocycles. The van der Waals surface area contributed by atoms with Crippen molar-refractivity contribution in [3.8, 4) is 0 Å². The molecule has 0 amide bonds. The van der Waals surface area contributed by atoms with E-state index in [2.05, 4.69) is 17.0 Å². The van der Waals surface area contributed by atoms with Gasteiger partial charge in [-0.05, 0) is 26.0 Å². The smallest absolute Gasteiger partial charge is 0.242 e. The van der Waals surface area contributed by atoms with Gasteiger partial charge in [-0.1, -0.05) is 20.3 Å². The van der Waals surface area contributed by atoms with Gasteiger partial charge in [0.05, 0.1) is 4.90 Å². The lowest BCUT2D eigenvalue weighted by atomic mass is 10.1. The maximum absolute atomic E-state index is 12.3. The molecule has 0 aliphatic heterocycles. The van der Waals surface area contributed by atoms with E-state index in [-0.39, 0.29) is 6.04 Å². The monoisotopic (exact) mass is 287 g/mol. The van der Waals surface area contributed by atoms with Gasteiger partial charge in [-0.15, -0.1) is 0 Å². The van der Waals surface area contributed by atoms with E-state index in [1.807, 2.05) is 25.6 Å². The van der Waals surface area contributed by atoms with Crippen molar-refractivity contribution < 1.29 is 8.42 Å². The Bertz CT molecular complexity index is 494. The summed E-state index contributed by atoms with van der Waals surface area (Å²) in [5, 5.41) is 3.03. The maximum Gasteiger partial charge on any atom is 0.242 e. The van der Waals surface area contributed by atoms with Gasteiger partial charge in [-0.2, -0.15) is 0 Å². The Labute approximate surface area is 116 Å². The summed E-state index contributed by atoms with van der Waals surface area (Å²) in [6.07, 6.45) is 4.31. The highest BCUT2D eigenvalue weighted by atomic mass is 32.2. The number of nitrogens with zero attached hydrogens (tertiary/aromatic N) is 1. The van der Waals surface area contributed by atoms with Crippen LogP contribution in [0.2, 0.25) is 0 Å². The predicted octanol–water partition coefficient (Wildman–Crippen LogP) is 1.60. The van der Waals surface area contributed by atoms with Crippen LogP contribution in [-0.2, 0) is 23.6 Å². The number of aromatic nitrogens is 1. The average molecular weight is 287 g/mol. The lowest BCUT2D eigenvalue weighted by Gasteiger charge is -2.15. The van der Waals surface area contributed by atoms with Crippen LogP contribution >= 0.6 is 0 Å². The van der Waals surface area contributed by atoms with Crippen LogP contribution in [0.4, 0.5) is 0 Å². The van der Waals surface area contributed by atoms with Crippen LogP contribution in [0, 0.1) is 0 Å². The third-order valence-electron chi connectivity index (χ3n) is 3.20. The minimum absolute atomic E-state index is 0.0166. The van der Waals surface area contributed by atoms with Crippen LogP contribution in [-0.4, -0.2) is 26.1 Å². The molecule has 0 saturated carbocycles. The number of hydrogen-bond donors (Lipinski definition) is 2. The maximum atomic E-state index is 12.3. The quantitative estimate of drug-likeness (QED) is 0.763. The molecule has 5 nitrogen and oxygen atoms in total. The van der Waals surface area contributed by atoms with Crippen LogP contribution in [0.25, 0.3) is 0 Å². The molecule has 1 atom stereocenters. The van der Waals surface area contributed by atoms with Crippen LogP contribution in [0.15, 0.2) is 17.2 Å². The fourth-order valence-electron chi connectivity index (χ4n) is 2.06. The number of rotatable bonds is 8. The van der Waals surface area contributed by atoms with E-state index in [0.29, 0.717) is 11.4 Å². The van der Waals surface area contributed by atoms with Crippen LogP contribution < -0.4 is 10.0 Å². The highest BCUT2D eigenvalue weighted by Gasteiger charge is 2.20. The zero-order valence-electron chi connectivity index (χ0n) is 12.2. The highest BCUT2D eigenvalue weighted by molar-refractivity contribution is 7.89. The molecular formula is C13H25N3O2S. The van der Waals surface area contributed by atoms with E-state index in [4.69, 9.17) is 0 Å². The Morgan fingerprint density at radius 3 is 2.58 bits per heavy atom. The summed E-state index contributed by atoms with van der Waals surface area (Å²) in [6.45, 7) is 4.71. The van der Waals surface area contributed by atoms with Gasteiger partial charge in [-0.25, -0.2) is 13.1 Å². The summed E-state index contributed by atoms with van der Waals surface area (Å²) >= 11 is 0. The van der Waals surface area contributed by atoms with Crippen LogP contribution in [0.5, 0.6) is 0 Å². The van der Waals surface area contributed by atoms with Gasteiger partial charge in [0.1, 0.15) is 0 Å². The highest BCUT2D eigenvalue weighted by Crippen LogP contribution is 2.15. The summed E-state index contributed by atoms with van der Waals surface area (Å²) in [5.41, 5.74) is 0.950. The number of hydrogen-bond acceptors (Lipinski definition) is 3. The fraction of sp³-hybridized carbons (Fsp3) is 0.692. The second kappa shape index (κ2) is 7.07. The molecule has 19 heavy (non-hydrogen) atoms. The first-order valence-corrected chi connectivity index (χ1v) is 8.25. The summed E-state index contributed by atoms with van der Waals surface area (Å²) in [5.74, 6) is 0. The van der Waals surface area contributed by atoms with E-state index < -0.39 is 10.0 Å². The van der Waals surface area contributed by atoms with E-state index in [9.17, 15) is 8.42 Å². The van der Waals surface area contributed by atoms with Crippen molar-refractivity contribution in [2.75, 3.05) is 7.05 Å². The van der Waals surface area contributed by atoms with Crippen molar-refractivity contribution in [2.24, 2.45) is 7.05 Å². The second-order valence-electron chi connectivity index (χ2n) is 4.82. The topological polar surface area (TPSA) is 63.1 Å². The third kappa shape index (κ3) is 4.33. The molecular weight excluding hydrogens is 262 g/mol. The molecule has 0 fully saturated rings. The summed E-state index contributed by atoms with van der Waals surface area (Å²) in [7, 11) is 0.285. The Morgan fingerprint density at radius 2 is 2.05 bits per heavy atom. The molecule has 1 aromatic rings. The van der Waals surface area contributed by atoms with Crippen molar-refractivity contribution >= 4 is 10.0 Å². The van der Waals surface area contributed by atoms with Gasteiger partial charge in [0.15, 0.2) is 0 Å². The van der Waals surface area contributed by atoms with Crippen LogP contribution in [0.3, 0.4) is 0 Å². The van der Waals surface area contributed by atoms with Crippen molar-refractivity contribution in [3.63, 3.8) is 0 Å². The zero-order valence-corrected chi connectivity index (χ0v) is 13.0. The van der Waals surface area contributed by atoms with Gasteiger partial charge in [-0.3, -0.25) is 0 Å². The van der Waals surface area contributed by atoms with Crippen molar-refractivity contribution in [3.05, 3.63) is 18.0 Å². The average Bonchev–Trinajstić information content (AvgIpc) is 2.72. The first-order chi connectivity index (χ1) is 8.94. The second-order valence-corrected chi connectivity index (χ2v) is 6.54. The van der Waals surface area contributed by atoms with Crippen molar-refractivity contribution in [1.29, 1.82) is 0 Å². The van der Waals surface area contributed by atoms with Gasteiger partial charge >= 0.3 is 0 Å². The summed E-state index contributed by atoms with van der Waals surface area (Å²) in [6, 6.07) is 1.74. The summed E-state index contributed by atoms with van der Waals surface area (Å²) in [4.78, 5) is 0.342. The molecule has 0 bridgehead atoms. The fourth-order valence-corrected chi connectivity index (χ4v) is 3.51. The minimum Gasteiger partial charge on any atom is -0.352 e. The molecule has 1 unspecified atom stereocenters. The van der Waals surface area contributed by atoms with Gasteiger partial charge < -0.3 is 9.88 Å². The molecule has 110 valence electrons. The molecule has 1 rings (SSSR count). The Balaban J connectivity index is 2.90. The molecule has 1 heterocycles. The molecule has 6 heteroatoms. The zero-order chi connectivity index (χ0) is 14.5. The van der Waals surface area contributed by atoms with Gasteiger partial charge in [0.2, 0.25) is 10.0 Å². The van der Waals surface area contributed by atoms with Crippen molar-refractivity contribution in [1.82, 2.24) is 14.6 Å². The Morgan fingerprint density at radius 1 is 1.37 bits per heavy atom. The van der Waals surface area contributed by atoms with Gasteiger partial charge in [0, 0.05) is 31.5 Å².